The van der Waals surface area contributed by atoms with E-state index in [1.807, 2.05) is 47.0 Å². The van der Waals surface area contributed by atoms with Crippen LogP contribution in [-0.4, -0.2) is 51.5 Å². The Morgan fingerprint density at radius 1 is 1.13 bits per heavy atom. The minimum atomic E-state index is -0.0655. The summed E-state index contributed by atoms with van der Waals surface area (Å²) in [6.45, 7) is 2.29. The molecule has 3 heterocycles. The quantitative estimate of drug-likeness (QED) is 0.404. The van der Waals surface area contributed by atoms with Crippen molar-refractivity contribution in [2.75, 3.05) is 20.1 Å². The highest BCUT2D eigenvalue weighted by Crippen LogP contribution is 2.24. The van der Waals surface area contributed by atoms with E-state index >= 15 is 0 Å². The van der Waals surface area contributed by atoms with Crippen molar-refractivity contribution in [1.82, 2.24) is 24.8 Å². The molecule has 0 bridgehead atoms. The third-order valence-corrected chi connectivity index (χ3v) is 6.35. The second-order valence-electron chi connectivity index (χ2n) is 8.43. The number of amides is 1. The van der Waals surface area contributed by atoms with Crippen LogP contribution in [0.4, 0.5) is 0 Å². The molecule has 4 aromatic rings. The Bertz CT molecular complexity index is 1270. The molecule has 160 valence electrons. The molecule has 7 heteroatoms. The number of H-pyrrole nitrogens is 2. The lowest BCUT2D eigenvalue weighted by atomic mass is 9.99. The van der Waals surface area contributed by atoms with E-state index in [1.165, 1.54) is 5.56 Å². The molecule has 0 fully saturated rings. The van der Waals surface area contributed by atoms with Gasteiger partial charge in [0.05, 0.1) is 11.0 Å². The number of para-hydroxylation sites is 2. The number of rotatable bonds is 7. The number of carbonyl (C=O) groups excluding carboxylic acids is 1. The van der Waals surface area contributed by atoms with Crippen molar-refractivity contribution < 1.29 is 4.79 Å². The Labute approximate surface area is 180 Å². The van der Waals surface area contributed by atoms with Crippen molar-refractivity contribution in [3.63, 3.8) is 0 Å². The molecule has 1 atom stereocenters. The molecule has 1 unspecified atom stereocenters. The number of aromatic nitrogens is 3. The van der Waals surface area contributed by atoms with E-state index in [2.05, 4.69) is 33.3 Å². The average molecular weight is 418 g/mol. The molecular formula is C24H27N5O2. The van der Waals surface area contributed by atoms with Gasteiger partial charge in [-0.2, -0.15) is 0 Å². The summed E-state index contributed by atoms with van der Waals surface area (Å²) in [5.41, 5.74) is 4.75. The minimum absolute atomic E-state index is 0.0276. The Morgan fingerprint density at radius 3 is 2.84 bits per heavy atom. The van der Waals surface area contributed by atoms with Gasteiger partial charge in [0.15, 0.2) is 0 Å². The van der Waals surface area contributed by atoms with Crippen molar-refractivity contribution in [3.05, 3.63) is 70.3 Å². The molecule has 7 nitrogen and oxygen atoms in total. The van der Waals surface area contributed by atoms with Gasteiger partial charge in [-0.05, 0) is 56.6 Å². The molecule has 31 heavy (non-hydrogen) atoms. The number of nitrogens with zero attached hydrogens (tertiary/aromatic N) is 2. The first-order valence-electron chi connectivity index (χ1n) is 10.9. The van der Waals surface area contributed by atoms with Crippen molar-refractivity contribution in [2.45, 2.75) is 31.8 Å². The molecule has 1 aliphatic rings. The topological polar surface area (TPSA) is 85.9 Å². The predicted octanol–water partition coefficient (Wildman–Crippen LogP) is 2.88. The van der Waals surface area contributed by atoms with Gasteiger partial charge in [0.2, 0.25) is 0 Å². The largest absolute Gasteiger partial charge is 0.351 e. The molecule has 0 saturated carbocycles. The summed E-state index contributed by atoms with van der Waals surface area (Å²) in [5, 5.41) is 4.05. The lowest BCUT2D eigenvalue weighted by Crippen LogP contribution is -2.42. The van der Waals surface area contributed by atoms with E-state index in [0.29, 0.717) is 24.8 Å². The van der Waals surface area contributed by atoms with Gasteiger partial charge >= 0.3 is 5.69 Å². The third kappa shape index (κ3) is 3.77. The summed E-state index contributed by atoms with van der Waals surface area (Å²) in [6.07, 6.45) is 2.84. The maximum Gasteiger partial charge on any atom is 0.326 e. The van der Waals surface area contributed by atoms with Crippen molar-refractivity contribution in [1.29, 1.82) is 0 Å². The normalized spacial score (nSPS) is 15.7. The van der Waals surface area contributed by atoms with Crippen LogP contribution in [0.5, 0.6) is 0 Å². The van der Waals surface area contributed by atoms with Gasteiger partial charge in [-0.15, -0.1) is 0 Å². The number of benzene rings is 2. The van der Waals surface area contributed by atoms with E-state index in [0.717, 1.165) is 47.7 Å². The summed E-state index contributed by atoms with van der Waals surface area (Å²) in [7, 11) is 2.12. The average Bonchev–Trinajstić information content (AvgIpc) is 3.35. The molecule has 2 aromatic heterocycles. The first-order chi connectivity index (χ1) is 15.1. The molecule has 0 saturated heterocycles. The number of carbonyl (C=O) groups is 1. The zero-order valence-electron chi connectivity index (χ0n) is 17.6. The van der Waals surface area contributed by atoms with Gasteiger partial charge in [0, 0.05) is 30.0 Å². The Hall–Kier alpha value is -3.32. The lowest BCUT2D eigenvalue weighted by Gasteiger charge is -2.31. The zero-order chi connectivity index (χ0) is 21.4. The highest BCUT2D eigenvalue weighted by Gasteiger charge is 2.25. The Balaban J connectivity index is 1.11. The third-order valence-electron chi connectivity index (χ3n) is 6.35. The second kappa shape index (κ2) is 8.07. The molecule has 0 aliphatic carbocycles. The molecule has 1 aliphatic heterocycles. The van der Waals surface area contributed by atoms with E-state index < -0.39 is 0 Å². The number of likely N-dealkylation sites (N-methyl/N-ethyl adjacent to an activating group) is 1. The fourth-order valence-corrected chi connectivity index (χ4v) is 4.62. The van der Waals surface area contributed by atoms with Crippen LogP contribution in [0.15, 0.2) is 53.3 Å². The van der Waals surface area contributed by atoms with Gasteiger partial charge in [-0.25, -0.2) is 4.79 Å². The van der Waals surface area contributed by atoms with Crippen LogP contribution < -0.4 is 11.0 Å². The smallest absolute Gasteiger partial charge is 0.326 e. The van der Waals surface area contributed by atoms with Gasteiger partial charge in [0.1, 0.15) is 5.69 Å². The van der Waals surface area contributed by atoms with Crippen LogP contribution in [0.25, 0.3) is 21.9 Å². The molecule has 0 spiro atoms. The standard InChI is InChI=1S/C24H27N5O2/c1-28(18-13-17-8-6-10-20-22(17)29(15-18)24(31)27-20)12-5-4-11-25-23(30)21-14-16-7-2-3-9-19(16)26-21/h2-3,6-10,14,18,26H,4-5,11-13,15H2,1H3,(H,25,30)(H,27,31). The van der Waals surface area contributed by atoms with Crippen LogP contribution in [0.2, 0.25) is 0 Å². The number of unbranched alkanes of at least 4 members (excludes halogenated alkanes) is 1. The first-order valence-corrected chi connectivity index (χ1v) is 10.9. The highest BCUT2D eigenvalue weighted by atomic mass is 16.2. The summed E-state index contributed by atoms with van der Waals surface area (Å²) in [6, 6.07) is 16.2. The maximum absolute atomic E-state index is 12.4. The fourth-order valence-electron chi connectivity index (χ4n) is 4.62. The molecule has 0 radical (unpaired) electrons. The molecule has 2 aromatic carbocycles. The predicted molar refractivity (Wildman–Crippen MR) is 123 cm³/mol. The summed E-state index contributed by atoms with van der Waals surface area (Å²) < 4.78 is 1.87. The summed E-state index contributed by atoms with van der Waals surface area (Å²) in [4.78, 5) is 33.1. The van der Waals surface area contributed by atoms with Gasteiger partial charge in [-0.3, -0.25) is 9.36 Å². The van der Waals surface area contributed by atoms with Crippen molar-refractivity contribution in [2.24, 2.45) is 0 Å². The monoisotopic (exact) mass is 417 g/mol. The van der Waals surface area contributed by atoms with Gasteiger partial charge in [0.25, 0.3) is 5.91 Å². The zero-order valence-corrected chi connectivity index (χ0v) is 17.6. The summed E-state index contributed by atoms with van der Waals surface area (Å²) in [5.74, 6) is -0.0655. The van der Waals surface area contributed by atoms with E-state index in [4.69, 9.17) is 0 Å². The number of fused-ring (bicyclic) bond motifs is 1. The van der Waals surface area contributed by atoms with Crippen LogP contribution in [0.3, 0.4) is 0 Å². The number of hydrogen-bond donors (Lipinski definition) is 3. The SMILES string of the molecule is CN(CCCCNC(=O)c1cc2ccccc2[nH]1)C1Cc2cccc3[nH]c(=O)n(c23)C1. The fraction of sp³-hybridized carbons (Fsp3) is 0.333. The van der Waals surface area contributed by atoms with Crippen molar-refractivity contribution in [3.8, 4) is 0 Å². The number of nitrogens with one attached hydrogen (secondary N) is 3. The lowest BCUT2D eigenvalue weighted by molar-refractivity contribution is 0.0948. The minimum Gasteiger partial charge on any atom is -0.351 e. The van der Waals surface area contributed by atoms with Gasteiger partial charge < -0.3 is 20.2 Å². The number of imidazole rings is 1. The van der Waals surface area contributed by atoms with Crippen LogP contribution in [-0.2, 0) is 13.0 Å². The first kappa shape index (κ1) is 19.6. The van der Waals surface area contributed by atoms with Gasteiger partial charge in [-0.1, -0.05) is 30.3 Å². The molecule has 1 amide bonds. The second-order valence-corrected chi connectivity index (χ2v) is 8.43. The summed E-state index contributed by atoms with van der Waals surface area (Å²) >= 11 is 0. The molecule has 3 N–H and O–H groups in total. The molecule has 5 rings (SSSR count). The van der Waals surface area contributed by atoms with E-state index in [1.54, 1.807) is 0 Å². The molecular weight excluding hydrogens is 390 g/mol. The highest BCUT2D eigenvalue weighted by molar-refractivity contribution is 5.97. The van der Waals surface area contributed by atoms with E-state index in [9.17, 15) is 9.59 Å². The van der Waals surface area contributed by atoms with Crippen LogP contribution in [0.1, 0.15) is 28.9 Å². The van der Waals surface area contributed by atoms with Crippen molar-refractivity contribution >= 4 is 27.8 Å². The van der Waals surface area contributed by atoms with E-state index in [-0.39, 0.29) is 11.6 Å². The van der Waals surface area contributed by atoms with Crippen LogP contribution in [0, 0.1) is 0 Å². The van der Waals surface area contributed by atoms with Crippen LogP contribution >= 0.6 is 0 Å². The Morgan fingerprint density at radius 2 is 1.97 bits per heavy atom. The number of hydrogen-bond acceptors (Lipinski definition) is 3. The Kier molecular flexibility index (Phi) is 5.11. The number of aromatic amines is 2. The maximum atomic E-state index is 12.4.